The Morgan fingerprint density at radius 2 is 1.51 bits per heavy atom. The monoisotopic (exact) mass is 518 g/mol. The van der Waals surface area contributed by atoms with E-state index in [1.807, 2.05) is 48.5 Å². The number of carbonyl (C=O) groups is 1. The van der Waals surface area contributed by atoms with Crippen LogP contribution in [0.5, 0.6) is 17.2 Å². The van der Waals surface area contributed by atoms with E-state index < -0.39 is 11.6 Å². The van der Waals surface area contributed by atoms with Crippen molar-refractivity contribution in [2.45, 2.75) is 0 Å². The Hall–Kier alpha value is -5.30. The number of rotatable bonds is 6. The van der Waals surface area contributed by atoms with Gasteiger partial charge in [-0.1, -0.05) is 42.5 Å². The molecule has 0 aliphatic heterocycles. The fraction of sp³-hybridized carbons (Fsp3) is 0.0625. The molecule has 6 aromatic rings. The predicted molar refractivity (Wildman–Crippen MR) is 148 cm³/mol. The highest BCUT2D eigenvalue weighted by Gasteiger charge is 2.20. The van der Waals surface area contributed by atoms with E-state index in [0.717, 1.165) is 10.9 Å². The molecule has 0 unspecified atom stereocenters. The van der Waals surface area contributed by atoms with Crippen LogP contribution in [0.2, 0.25) is 0 Å². The van der Waals surface area contributed by atoms with Crippen molar-refractivity contribution in [3.8, 4) is 39.7 Å². The Morgan fingerprint density at radius 3 is 2.26 bits per heavy atom. The van der Waals surface area contributed by atoms with Crippen molar-refractivity contribution in [2.24, 2.45) is 0 Å². The lowest BCUT2D eigenvalue weighted by molar-refractivity contribution is 0.0735. The largest absolute Gasteiger partial charge is 0.497 e. The molecule has 0 aliphatic rings. The third kappa shape index (κ3) is 4.51. The van der Waals surface area contributed by atoms with Crippen molar-refractivity contribution in [1.82, 2.24) is 0 Å². The maximum absolute atomic E-state index is 13.2. The van der Waals surface area contributed by atoms with Crippen LogP contribution in [0.3, 0.4) is 0 Å². The molecule has 0 aliphatic carbocycles. The third-order valence-corrected chi connectivity index (χ3v) is 6.45. The fourth-order valence-corrected chi connectivity index (χ4v) is 4.54. The molecule has 7 heteroatoms. The minimum atomic E-state index is -0.540. The van der Waals surface area contributed by atoms with E-state index in [2.05, 4.69) is 0 Å². The smallest absolute Gasteiger partial charge is 0.343 e. The summed E-state index contributed by atoms with van der Waals surface area (Å²) < 4.78 is 28.3. The van der Waals surface area contributed by atoms with E-state index in [0.29, 0.717) is 56.3 Å². The highest BCUT2D eigenvalue weighted by Crippen LogP contribution is 2.40. The second-order valence-electron chi connectivity index (χ2n) is 8.80. The minimum Gasteiger partial charge on any atom is -0.497 e. The summed E-state index contributed by atoms with van der Waals surface area (Å²) in [5.41, 5.74) is 2.60. The summed E-state index contributed by atoms with van der Waals surface area (Å²) in [5.74, 6) is 1.42. The highest BCUT2D eigenvalue weighted by atomic mass is 16.5. The summed E-state index contributed by atoms with van der Waals surface area (Å²) in [4.78, 5) is 25.8. The molecule has 2 heterocycles. The van der Waals surface area contributed by atoms with Gasteiger partial charge in [-0.2, -0.15) is 0 Å². The van der Waals surface area contributed by atoms with Crippen molar-refractivity contribution in [3.63, 3.8) is 0 Å². The number of benzene rings is 4. The normalized spacial score (nSPS) is 11.0. The van der Waals surface area contributed by atoms with E-state index >= 15 is 0 Å². The zero-order valence-electron chi connectivity index (χ0n) is 21.1. The van der Waals surface area contributed by atoms with Crippen LogP contribution in [0, 0.1) is 0 Å². The Kier molecular flexibility index (Phi) is 6.09. The van der Waals surface area contributed by atoms with Crippen LogP contribution >= 0.6 is 0 Å². The van der Waals surface area contributed by atoms with E-state index in [1.54, 1.807) is 56.7 Å². The molecule has 6 rings (SSSR count). The fourth-order valence-electron chi connectivity index (χ4n) is 4.54. The van der Waals surface area contributed by atoms with Gasteiger partial charge in [0.1, 0.15) is 22.8 Å². The van der Waals surface area contributed by atoms with Gasteiger partial charge in [-0.15, -0.1) is 0 Å². The van der Waals surface area contributed by atoms with Crippen LogP contribution in [-0.4, -0.2) is 20.2 Å². The predicted octanol–water partition coefficient (Wildman–Crippen LogP) is 7.11. The zero-order valence-corrected chi connectivity index (χ0v) is 21.1. The number of esters is 1. The number of hydrogen-bond donors (Lipinski definition) is 0. The molecule has 0 N–H and O–H groups in total. The highest BCUT2D eigenvalue weighted by molar-refractivity contribution is 6.00. The second kappa shape index (κ2) is 9.87. The van der Waals surface area contributed by atoms with E-state index in [4.69, 9.17) is 23.0 Å². The van der Waals surface area contributed by atoms with E-state index in [1.165, 1.54) is 6.07 Å². The average Bonchev–Trinajstić information content (AvgIpc) is 3.41. The number of hydrogen-bond acceptors (Lipinski definition) is 7. The number of fused-ring (bicyclic) bond motifs is 2. The maximum Gasteiger partial charge on any atom is 0.343 e. The number of para-hydroxylation sites is 1. The first-order valence-corrected chi connectivity index (χ1v) is 12.1. The summed E-state index contributed by atoms with van der Waals surface area (Å²) in [5, 5.41) is 1.36. The number of carbonyl (C=O) groups excluding carboxylic acids is 1. The molecule has 2 aromatic heterocycles. The molecule has 4 aromatic carbocycles. The van der Waals surface area contributed by atoms with Crippen molar-refractivity contribution in [2.75, 3.05) is 14.2 Å². The molecule has 0 saturated carbocycles. The molecule has 39 heavy (non-hydrogen) atoms. The second-order valence-corrected chi connectivity index (χ2v) is 8.80. The third-order valence-electron chi connectivity index (χ3n) is 6.45. The number of methoxy groups -OCH3 is 2. The first kappa shape index (κ1) is 24.1. The molecular weight excluding hydrogens is 496 g/mol. The molecule has 0 radical (unpaired) electrons. The molecule has 0 amide bonds. The van der Waals surface area contributed by atoms with Gasteiger partial charge in [0.05, 0.1) is 19.8 Å². The van der Waals surface area contributed by atoms with Gasteiger partial charge in [0.2, 0.25) is 0 Å². The van der Waals surface area contributed by atoms with E-state index in [9.17, 15) is 9.59 Å². The Morgan fingerprint density at radius 1 is 0.718 bits per heavy atom. The quantitative estimate of drug-likeness (QED) is 0.132. The molecule has 0 saturated heterocycles. The van der Waals surface area contributed by atoms with Gasteiger partial charge in [-0.05, 0) is 54.1 Å². The van der Waals surface area contributed by atoms with Gasteiger partial charge in [-0.25, -0.2) is 9.59 Å². The van der Waals surface area contributed by atoms with Crippen molar-refractivity contribution < 1.29 is 27.8 Å². The van der Waals surface area contributed by atoms with Gasteiger partial charge < -0.3 is 23.0 Å². The van der Waals surface area contributed by atoms with Crippen molar-refractivity contribution in [3.05, 3.63) is 113 Å². The summed E-state index contributed by atoms with van der Waals surface area (Å²) in [6.45, 7) is 0. The number of furan rings is 1. The van der Waals surface area contributed by atoms with Gasteiger partial charge in [0, 0.05) is 28.0 Å². The van der Waals surface area contributed by atoms with Gasteiger partial charge in [-0.3, -0.25) is 0 Å². The zero-order chi connectivity index (χ0) is 26.9. The average molecular weight is 519 g/mol. The van der Waals surface area contributed by atoms with Crippen LogP contribution in [-0.2, 0) is 0 Å². The molecule has 7 nitrogen and oxygen atoms in total. The van der Waals surface area contributed by atoms with E-state index in [-0.39, 0.29) is 0 Å². The maximum atomic E-state index is 13.2. The van der Waals surface area contributed by atoms with Gasteiger partial charge >= 0.3 is 11.6 Å². The number of ether oxygens (including phenoxy) is 3. The molecule has 0 bridgehead atoms. The van der Waals surface area contributed by atoms with Gasteiger partial charge in [0.15, 0.2) is 11.3 Å². The van der Waals surface area contributed by atoms with Crippen molar-refractivity contribution in [1.29, 1.82) is 0 Å². The summed E-state index contributed by atoms with van der Waals surface area (Å²) in [7, 11) is 3.13. The molecule has 0 fully saturated rings. The summed E-state index contributed by atoms with van der Waals surface area (Å²) in [6.07, 6.45) is 0. The Bertz CT molecular complexity index is 1880. The van der Waals surface area contributed by atoms with Crippen LogP contribution < -0.4 is 19.8 Å². The molecule has 0 spiro atoms. The lowest BCUT2D eigenvalue weighted by Crippen LogP contribution is -2.09. The van der Waals surface area contributed by atoms with Gasteiger partial charge in [0.25, 0.3) is 0 Å². The Labute approximate surface area is 222 Å². The molecular formula is C32H22O7. The van der Waals surface area contributed by atoms with Crippen LogP contribution in [0.15, 0.2) is 111 Å². The molecule has 0 atom stereocenters. The first-order chi connectivity index (χ1) is 19.0. The molecule has 192 valence electrons. The summed E-state index contributed by atoms with van der Waals surface area (Å²) in [6, 6.07) is 28.2. The van der Waals surface area contributed by atoms with Crippen LogP contribution in [0.1, 0.15) is 10.4 Å². The standard InChI is InChI=1S/C32H22O7/c1-35-22-13-11-20(12-14-22)32(34)39-28-17-24-25(27-15-21-9-6-10-26(36-2)31(21)38-27)18-30(33)37-29(24)16-23(28)19-7-4-3-5-8-19/h3-18H,1-2H3. The van der Waals surface area contributed by atoms with Crippen molar-refractivity contribution >= 4 is 27.9 Å². The summed E-state index contributed by atoms with van der Waals surface area (Å²) >= 11 is 0. The topological polar surface area (TPSA) is 88.1 Å². The SMILES string of the molecule is COc1ccc(C(=O)Oc2cc3c(-c4cc5cccc(OC)c5o4)cc(=O)oc3cc2-c2ccccc2)cc1. The lowest BCUT2D eigenvalue weighted by atomic mass is 10.00. The van der Waals surface area contributed by atoms with Crippen LogP contribution in [0.25, 0.3) is 44.4 Å². The lowest BCUT2D eigenvalue weighted by Gasteiger charge is -2.13. The van der Waals surface area contributed by atoms with Crippen LogP contribution in [0.4, 0.5) is 0 Å². The Balaban J connectivity index is 1.54. The minimum absolute atomic E-state index is 0.304. The first-order valence-electron chi connectivity index (χ1n) is 12.1.